The van der Waals surface area contributed by atoms with Gasteiger partial charge in [0.2, 0.25) is 0 Å². The van der Waals surface area contributed by atoms with Crippen LogP contribution in [0.5, 0.6) is 0 Å². The van der Waals surface area contributed by atoms with Crippen molar-refractivity contribution in [2.45, 2.75) is 6.92 Å². The molecule has 0 aliphatic carbocycles. The van der Waals surface area contributed by atoms with Crippen LogP contribution in [0.1, 0.15) is 6.92 Å². The molecular weight excluding hydrogens is 126 g/mol. The molecule has 0 saturated heterocycles. The van der Waals surface area contributed by atoms with Crippen LogP contribution in [0.3, 0.4) is 0 Å². The number of nitrogens with zero attached hydrogens (tertiary/aromatic N) is 1. The molecule has 0 unspecified atom stereocenters. The fraction of sp³-hybridized carbons (Fsp3) is 0.250. The van der Waals surface area contributed by atoms with Gasteiger partial charge in [-0.1, -0.05) is 13.2 Å². The lowest BCUT2D eigenvalue weighted by atomic mass is 10.4. The maximum Gasteiger partial charge on any atom is 0.110 e. The first kappa shape index (κ1) is 8.82. The SMILES string of the molecule is C=CN(C)/C(C)=C/C(=C)O. The molecule has 0 aliphatic heterocycles. The summed E-state index contributed by atoms with van der Waals surface area (Å²) in [7, 11) is 1.85. The normalized spacial score (nSPS) is 10.8. The molecule has 0 atom stereocenters. The lowest BCUT2D eigenvalue weighted by Crippen LogP contribution is -2.06. The van der Waals surface area contributed by atoms with Gasteiger partial charge in [0.25, 0.3) is 0 Å². The molecule has 0 heterocycles. The fourth-order valence-corrected chi connectivity index (χ4v) is 0.487. The predicted octanol–water partition coefficient (Wildman–Crippen LogP) is 2.04. The molecule has 56 valence electrons. The zero-order valence-corrected chi connectivity index (χ0v) is 6.46. The Morgan fingerprint density at radius 2 is 2.10 bits per heavy atom. The van der Waals surface area contributed by atoms with Gasteiger partial charge >= 0.3 is 0 Å². The minimum absolute atomic E-state index is 0.0613. The molecule has 0 amide bonds. The molecule has 0 fully saturated rings. The zero-order chi connectivity index (χ0) is 8.15. The molecular formula is C8H13NO. The van der Waals surface area contributed by atoms with Crippen molar-refractivity contribution in [2.24, 2.45) is 0 Å². The highest BCUT2D eigenvalue weighted by Crippen LogP contribution is 2.01. The van der Waals surface area contributed by atoms with Crippen LogP contribution in [0.25, 0.3) is 0 Å². The number of aliphatic hydroxyl groups is 1. The quantitative estimate of drug-likeness (QED) is 0.477. The van der Waals surface area contributed by atoms with Gasteiger partial charge in [0.1, 0.15) is 5.76 Å². The maximum atomic E-state index is 8.74. The Morgan fingerprint density at radius 1 is 1.60 bits per heavy atom. The Hall–Kier alpha value is -1.18. The van der Waals surface area contributed by atoms with E-state index in [9.17, 15) is 0 Å². The molecule has 0 aliphatic rings. The topological polar surface area (TPSA) is 23.5 Å². The van der Waals surface area contributed by atoms with Crippen LogP contribution < -0.4 is 0 Å². The number of rotatable bonds is 3. The maximum absolute atomic E-state index is 8.74. The van der Waals surface area contributed by atoms with E-state index in [1.807, 2.05) is 14.0 Å². The Morgan fingerprint density at radius 3 is 2.40 bits per heavy atom. The molecule has 2 nitrogen and oxygen atoms in total. The summed E-state index contributed by atoms with van der Waals surface area (Å²) in [5, 5.41) is 8.74. The van der Waals surface area contributed by atoms with Gasteiger partial charge in [0.15, 0.2) is 0 Å². The van der Waals surface area contributed by atoms with E-state index in [4.69, 9.17) is 5.11 Å². The van der Waals surface area contributed by atoms with E-state index in [-0.39, 0.29) is 5.76 Å². The molecule has 0 rings (SSSR count). The monoisotopic (exact) mass is 139 g/mol. The molecule has 0 aromatic rings. The summed E-state index contributed by atoms with van der Waals surface area (Å²) >= 11 is 0. The number of hydrogen-bond acceptors (Lipinski definition) is 2. The summed E-state index contributed by atoms with van der Waals surface area (Å²) < 4.78 is 0. The molecule has 2 heteroatoms. The highest BCUT2D eigenvalue weighted by molar-refractivity contribution is 5.13. The third kappa shape index (κ3) is 2.97. The van der Waals surface area contributed by atoms with Gasteiger partial charge < -0.3 is 10.0 Å². The average Bonchev–Trinajstić information content (AvgIpc) is 1.85. The Bertz CT molecular complexity index is 170. The Balaban J connectivity index is 4.18. The van der Waals surface area contributed by atoms with E-state index in [1.54, 1.807) is 17.2 Å². The summed E-state index contributed by atoms with van der Waals surface area (Å²) in [6, 6.07) is 0. The second-order valence-corrected chi connectivity index (χ2v) is 2.07. The average molecular weight is 139 g/mol. The summed E-state index contributed by atoms with van der Waals surface area (Å²) in [6.07, 6.45) is 3.23. The largest absolute Gasteiger partial charge is 0.509 e. The number of hydrogen-bond donors (Lipinski definition) is 1. The van der Waals surface area contributed by atoms with Crippen LogP contribution in [-0.4, -0.2) is 17.1 Å². The van der Waals surface area contributed by atoms with Crippen molar-refractivity contribution in [3.63, 3.8) is 0 Å². The van der Waals surface area contributed by atoms with Crippen molar-refractivity contribution in [1.82, 2.24) is 4.90 Å². The second-order valence-electron chi connectivity index (χ2n) is 2.07. The molecule has 0 aromatic heterocycles. The van der Waals surface area contributed by atoms with Gasteiger partial charge in [-0.05, 0) is 19.2 Å². The number of allylic oxidation sites excluding steroid dienone is 2. The lowest BCUT2D eigenvalue weighted by Gasteiger charge is -2.12. The van der Waals surface area contributed by atoms with Crippen molar-refractivity contribution < 1.29 is 5.11 Å². The molecule has 1 N–H and O–H groups in total. The molecule has 0 saturated carbocycles. The Kier molecular flexibility index (Phi) is 3.33. The third-order valence-corrected chi connectivity index (χ3v) is 1.21. The summed E-state index contributed by atoms with van der Waals surface area (Å²) in [5.74, 6) is 0.0613. The highest BCUT2D eigenvalue weighted by atomic mass is 16.3. The van der Waals surface area contributed by atoms with Gasteiger partial charge in [0, 0.05) is 12.7 Å². The van der Waals surface area contributed by atoms with Crippen LogP contribution in [0.4, 0.5) is 0 Å². The predicted molar refractivity (Wildman–Crippen MR) is 43.5 cm³/mol. The highest BCUT2D eigenvalue weighted by Gasteiger charge is 1.91. The van der Waals surface area contributed by atoms with Gasteiger partial charge in [-0.15, -0.1) is 0 Å². The van der Waals surface area contributed by atoms with Crippen LogP contribution in [0.15, 0.2) is 36.9 Å². The van der Waals surface area contributed by atoms with Crippen molar-refractivity contribution >= 4 is 0 Å². The van der Waals surface area contributed by atoms with Crippen LogP contribution in [0, 0.1) is 0 Å². The van der Waals surface area contributed by atoms with Gasteiger partial charge in [-0.2, -0.15) is 0 Å². The molecule has 0 radical (unpaired) electrons. The molecule has 0 spiro atoms. The van der Waals surface area contributed by atoms with Gasteiger partial charge in [-0.25, -0.2) is 0 Å². The second kappa shape index (κ2) is 3.77. The van der Waals surface area contributed by atoms with E-state index >= 15 is 0 Å². The van der Waals surface area contributed by atoms with Gasteiger partial charge in [0.05, 0.1) is 0 Å². The van der Waals surface area contributed by atoms with Crippen LogP contribution >= 0.6 is 0 Å². The van der Waals surface area contributed by atoms with Crippen molar-refractivity contribution in [1.29, 1.82) is 0 Å². The van der Waals surface area contributed by atoms with Crippen molar-refractivity contribution in [3.05, 3.63) is 36.9 Å². The van der Waals surface area contributed by atoms with E-state index in [0.29, 0.717) is 0 Å². The third-order valence-electron chi connectivity index (χ3n) is 1.21. The minimum Gasteiger partial charge on any atom is -0.509 e. The molecule has 10 heavy (non-hydrogen) atoms. The first-order valence-electron chi connectivity index (χ1n) is 2.99. The molecule has 0 aromatic carbocycles. The standard InChI is InChI=1S/C8H13NO/c1-5-9(4)7(2)6-8(3)10/h5-6,10H,1,3H2,2,4H3/b7-6+. The van der Waals surface area contributed by atoms with Crippen LogP contribution in [0.2, 0.25) is 0 Å². The van der Waals surface area contributed by atoms with E-state index in [0.717, 1.165) is 5.70 Å². The fourth-order valence-electron chi connectivity index (χ4n) is 0.487. The van der Waals surface area contributed by atoms with Crippen LogP contribution in [-0.2, 0) is 0 Å². The van der Waals surface area contributed by atoms with E-state index in [1.165, 1.54) is 0 Å². The molecule has 0 bridgehead atoms. The minimum atomic E-state index is 0.0613. The Labute approximate surface area is 61.8 Å². The summed E-state index contributed by atoms with van der Waals surface area (Å²) in [6.45, 7) is 8.76. The van der Waals surface area contributed by atoms with Crippen molar-refractivity contribution in [3.8, 4) is 0 Å². The van der Waals surface area contributed by atoms with E-state index in [2.05, 4.69) is 13.2 Å². The lowest BCUT2D eigenvalue weighted by molar-refractivity contribution is 0.430. The first-order valence-corrected chi connectivity index (χ1v) is 2.99. The van der Waals surface area contributed by atoms with Crippen molar-refractivity contribution in [2.75, 3.05) is 7.05 Å². The summed E-state index contributed by atoms with van der Waals surface area (Å²) in [4.78, 5) is 1.79. The zero-order valence-electron chi connectivity index (χ0n) is 6.46. The van der Waals surface area contributed by atoms with E-state index < -0.39 is 0 Å². The van der Waals surface area contributed by atoms with Gasteiger partial charge in [-0.3, -0.25) is 0 Å². The summed E-state index contributed by atoms with van der Waals surface area (Å²) in [5.41, 5.74) is 0.905. The smallest absolute Gasteiger partial charge is 0.110 e. The first-order chi connectivity index (χ1) is 4.57. The number of aliphatic hydroxyl groups excluding tert-OH is 1.